The Balaban J connectivity index is 1.87. The van der Waals surface area contributed by atoms with Crippen molar-refractivity contribution in [3.63, 3.8) is 0 Å². The summed E-state index contributed by atoms with van der Waals surface area (Å²) < 4.78 is 25.3. The Morgan fingerprint density at radius 3 is 2.68 bits per heavy atom. The number of carbonyl (C=O) groups excluding carboxylic acids is 1. The first-order chi connectivity index (χ1) is 10.4. The van der Waals surface area contributed by atoms with Gasteiger partial charge in [0.25, 0.3) is 0 Å². The van der Waals surface area contributed by atoms with Crippen LogP contribution in [0.5, 0.6) is 0 Å². The van der Waals surface area contributed by atoms with Crippen molar-refractivity contribution in [2.45, 2.75) is 30.7 Å². The molecule has 0 unspecified atom stereocenters. The molecule has 1 aliphatic rings. The molecule has 0 aliphatic carbocycles. The van der Waals surface area contributed by atoms with Gasteiger partial charge in [0.2, 0.25) is 5.91 Å². The molecule has 0 saturated carbocycles. The summed E-state index contributed by atoms with van der Waals surface area (Å²) in [6.45, 7) is 4.29. The van der Waals surface area contributed by atoms with Crippen molar-refractivity contribution in [1.29, 1.82) is 0 Å². The maximum atomic E-state index is 12.2. The van der Waals surface area contributed by atoms with Crippen molar-refractivity contribution in [3.8, 4) is 0 Å². The van der Waals surface area contributed by atoms with Gasteiger partial charge in [-0.25, -0.2) is 8.42 Å². The molecule has 22 heavy (non-hydrogen) atoms. The summed E-state index contributed by atoms with van der Waals surface area (Å²) in [5, 5.41) is 3.23. The van der Waals surface area contributed by atoms with Gasteiger partial charge in [0.1, 0.15) is 0 Å². The second-order valence-electron chi connectivity index (χ2n) is 5.52. The summed E-state index contributed by atoms with van der Waals surface area (Å²) in [7, 11) is -3.32. The maximum Gasteiger partial charge on any atom is 0.222 e. The van der Waals surface area contributed by atoms with Crippen LogP contribution in [-0.4, -0.2) is 50.7 Å². The first-order valence-electron chi connectivity index (χ1n) is 7.38. The predicted octanol–water partition coefficient (Wildman–Crippen LogP) is 1.82. The highest BCUT2D eigenvalue weighted by molar-refractivity contribution is 9.10. The second kappa shape index (κ2) is 7.57. The van der Waals surface area contributed by atoms with Crippen molar-refractivity contribution in [1.82, 2.24) is 10.2 Å². The van der Waals surface area contributed by atoms with Crippen LogP contribution in [0.4, 0.5) is 0 Å². The molecule has 1 aromatic rings. The molecule has 0 radical (unpaired) electrons. The third-order valence-electron chi connectivity index (χ3n) is 3.80. The monoisotopic (exact) mass is 388 g/mol. The molecule has 1 fully saturated rings. The van der Waals surface area contributed by atoms with E-state index in [1.54, 1.807) is 24.3 Å². The number of halogens is 1. The lowest BCUT2D eigenvalue weighted by atomic mass is 10.2. The van der Waals surface area contributed by atoms with Crippen LogP contribution in [0.3, 0.4) is 0 Å². The minimum Gasteiger partial charge on any atom is -0.337 e. The van der Waals surface area contributed by atoms with Gasteiger partial charge in [-0.05, 0) is 37.6 Å². The first kappa shape index (κ1) is 17.4. The highest BCUT2D eigenvalue weighted by Gasteiger charge is 2.23. The third kappa shape index (κ3) is 4.54. The van der Waals surface area contributed by atoms with Gasteiger partial charge in [0.15, 0.2) is 9.84 Å². The van der Waals surface area contributed by atoms with Gasteiger partial charge in [0, 0.05) is 36.6 Å². The predicted molar refractivity (Wildman–Crippen MR) is 89.5 cm³/mol. The fraction of sp³-hybridized carbons (Fsp3) is 0.533. The highest BCUT2D eigenvalue weighted by Crippen LogP contribution is 2.17. The number of piperazine rings is 1. The molecule has 0 spiro atoms. The van der Waals surface area contributed by atoms with Gasteiger partial charge in [-0.1, -0.05) is 15.9 Å². The Hall–Kier alpha value is -0.920. The minimum absolute atomic E-state index is 0.000837. The zero-order valence-corrected chi connectivity index (χ0v) is 15.0. The molecule has 7 heteroatoms. The normalized spacial score (nSPS) is 19.2. The van der Waals surface area contributed by atoms with Crippen molar-refractivity contribution in [2.24, 2.45) is 0 Å². The van der Waals surface area contributed by atoms with E-state index in [1.807, 2.05) is 11.8 Å². The summed E-state index contributed by atoms with van der Waals surface area (Å²) in [6, 6.07) is 6.75. The number of sulfone groups is 1. The lowest BCUT2D eigenvalue weighted by Gasteiger charge is -2.34. The summed E-state index contributed by atoms with van der Waals surface area (Å²) in [5.74, 6) is 0.0425. The van der Waals surface area contributed by atoms with Gasteiger partial charge in [0.05, 0.1) is 10.6 Å². The largest absolute Gasteiger partial charge is 0.337 e. The van der Waals surface area contributed by atoms with Crippen LogP contribution in [0, 0.1) is 0 Å². The summed E-state index contributed by atoms with van der Waals surface area (Å²) >= 11 is 3.28. The SMILES string of the molecule is C[C@@H]1CNCCN1C(=O)CCCS(=O)(=O)c1ccc(Br)cc1. The topological polar surface area (TPSA) is 66.5 Å². The van der Waals surface area contributed by atoms with E-state index in [9.17, 15) is 13.2 Å². The number of benzene rings is 1. The molecule has 1 heterocycles. The van der Waals surface area contributed by atoms with Gasteiger partial charge in [-0.15, -0.1) is 0 Å². The molecule has 2 rings (SSSR count). The number of hydrogen-bond donors (Lipinski definition) is 1. The Bertz CT molecular complexity index is 616. The van der Waals surface area contributed by atoms with Crippen LogP contribution in [0.15, 0.2) is 33.6 Å². The summed E-state index contributed by atoms with van der Waals surface area (Å²) in [5.41, 5.74) is 0. The van der Waals surface area contributed by atoms with E-state index in [2.05, 4.69) is 21.2 Å². The molecule has 1 aliphatic heterocycles. The molecule has 1 atom stereocenters. The fourth-order valence-corrected chi connectivity index (χ4v) is 4.10. The van der Waals surface area contributed by atoms with Crippen molar-refractivity contribution in [2.75, 3.05) is 25.4 Å². The Morgan fingerprint density at radius 2 is 2.05 bits per heavy atom. The van der Waals surface area contributed by atoms with E-state index >= 15 is 0 Å². The number of hydrogen-bond acceptors (Lipinski definition) is 4. The Labute approximate surface area is 140 Å². The maximum absolute atomic E-state index is 12.2. The van der Waals surface area contributed by atoms with Crippen LogP contribution in [0.1, 0.15) is 19.8 Å². The van der Waals surface area contributed by atoms with E-state index < -0.39 is 9.84 Å². The smallest absolute Gasteiger partial charge is 0.222 e. The molecule has 1 aromatic carbocycles. The number of carbonyl (C=O) groups is 1. The average Bonchev–Trinajstić information content (AvgIpc) is 2.48. The fourth-order valence-electron chi connectivity index (χ4n) is 2.53. The molecular weight excluding hydrogens is 368 g/mol. The number of amides is 1. The standard InChI is InChI=1S/C15H21BrN2O3S/c1-12-11-17-8-9-18(12)15(19)3-2-10-22(20,21)14-6-4-13(16)5-7-14/h4-7,12,17H,2-3,8-11H2,1H3/t12-/m1/s1. The molecule has 1 saturated heterocycles. The third-order valence-corrected chi connectivity index (χ3v) is 6.14. The van der Waals surface area contributed by atoms with Gasteiger partial charge >= 0.3 is 0 Å². The lowest BCUT2D eigenvalue weighted by molar-refractivity contribution is -0.133. The average molecular weight is 389 g/mol. The molecule has 0 aromatic heterocycles. The molecule has 122 valence electrons. The van der Waals surface area contributed by atoms with E-state index in [4.69, 9.17) is 0 Å². The van der Waals surface area contributed by atoms with Gasteiger partial charge < -0.3 is 10.2 Å². The molecule has 0 bridgehead atoms. The molecule has 5 nitrogen and oxygen atoms in total. The molecular formula is C15H21BrN2O3S. The van der Waals surface area contributed by atoms with Crippen molar-refractivity contribution < 1.29 is 13.2 Å². The Morgan fingerprint density at radius 1 is 1.36 bits per heavy atom. The van der Waals surface area contributed by atoms with Gasteiger partial charge in [-0.3, -0.25) is 4.79 Å². The van der Waals surface area contributed by atoms with E-state index in [-0.39, 0.29) is 24.1 Å². The van der Waals surface area contributed by atoms with Crippen LogP contribution in [-0.2, 0) is 14.6 Å². The summed E-state index contributed by atoms with van der Waals surface area (Å²) in [6.07, 6.45) is 0.633. The quantitative estimate of drug-likeness (QED) is 0.835. The van der Waals surface area contributed by atoms with Crippen LogP contribution in [0.2, 0.25) is 0 Å². The summed E-state index contributed by atoms with van der Waals surface area (Å²) in [4.78, 5) is 14.3. The number of nitrogens with one attached hydrogen (secondary N) is 1. The van der Waals surface area contributed by atoms with Crippen molar-refractivity contribution >= 4 is 31.7 Å². The van der Waals surface area contributed by atoms with Crippen LogP contribution in [0.25, 0.3) is 0 Å². The zero-order valence-electron chi connectivity index (χ0n) is 12.6. The minimum atomic E-state index is -3.32. The Kier molecular flexibility index (Phi) is 6.00. The lowest BCUT2D eigenvalue weighted by Crippen LogP contribution is -2.52. The van der Waals surface area contributed by atoms with E-state index in [0.717, 1.165) is 17.6 Å². The van der Waals surface area contributed by atoms with E-state index in [1.165, 1.54) is 0 Å². The molecule has 1 amide bonds. The van der Waals surface area contributed by atoms with Crippen LogP contribution < -0.4 is 5.32 Å². The molecule has 1 N–H and O–H groups in total. The highest BCUT2D eigenvalue weighted by atomic mass is 79.9. The van der Waals surface area contributed by atoms with Crippen molar-refractivity contribution in [3.05, 3.63) is 28.7 Å². The zero-order chi connectivity index (χ0) is 16.2. The number of rotatable bonds is 5. The second-order valence-corrected chi connectivity index (χ2v) is 8.54. The van der Waals surface area contributed by atoms with Crippen LogP contribution >= 0.6 is 15.9 Å². The first-order valence-corrected chi connectivity index (χ1v) is 9.83. The van der Waals surface area contributed by atoms with E-state index in [0.29, 0.717) is 17.9 Å². The number of nitrogens with zero attached hydrogens (tertiary/aromatic N) is 1. The van der Waals surface area contributed by atoms with Gasteiger partial charge in [-0.2, -0.15) is 0 Å².